The predicted molar refractivity (Wildman–Crippen MR) is 69.3 cm³/mol. The predicted octanol–water partition coefficient (Wildman–Crippen LogP) is 2.03. The van der Waals surface area contributed by atoms with Crippen molar-refractivity contribution in [2.45, 2.75) is 25.3 Å². The molecule has 0 saturated heterocycles. The van der Waals surface area contributed by atoms with E-state index in [0.29, 0.717) is 5.02 Å². The third-order valence-corrected chi connectivity index (χ3v) is 3.34. The second-order valence-corrected chi connectivity index (χ2v) is 5.11. The molecule has 1 aromatic carbocycles. The molecule has 1 aromatic rings. The summed E-state index contributed by atoms with van der Waals surface area (Å²) in [4.78, 5) is 22.7. The lowest BCUT2D eigenvalue weighted by Crippen LogP contribution is -2.38. The van der Waals surface area contributed by atoms with Gasteiger partial charge >= 0.3 is 5.97 Å². The van der Waals surface area contributed by atoms with Crippen molar-refractivity contribution in [1.82, 2.24) is 5.32 Å². The first kappa shape index (κ1) is 13.7. The van der Waals surface area contributed by atoms with Crippen LogP contribution in [0.2, 0.25) is 5.02 Å². The standard InChI is InChI=1S/C13H14ClNO4/c14-8-3-4-9(11(16)5-8)13(19)15-10(6-12(17)18)7-1-2-7/h3-5,7,10,16H,1-2,6H2,(H,15,19)(H,17,18). The smallest absolute Gasteiger partial charge is 0.305 e. The maximum Gasteiger partial charge on any atom is 0.305 e. The van der Waals surface area contributed by atoms with Crippen LogP contribution in [0.1, 0.15) is 29.6 Å². The number of phenolic OH excluding ortho intramolecular Hbond substituents is 1. The van der Waals surface area contributed by atoms with Crippen molar-refractivity contribution in [3.05, 3.63) is 28.8 Å². The summed E-state index contributed by atoms with van der Waals surface area (Å²) in [6.07, 6.45) is 1.74. The van der Waals surface area contributed by atoms with Gasteiger partial charge in [0, 0.05) is 11.1 Å². The Kier molecular flexibility index (Phi) is 3.95. The summed E-state index contributed by atoms with van der Waals surface area (Å²) in [6, 6.07) is 3.80. The van der Waals surface area contributed by atoms with Gasteiger partial charge in [0.1, 0.15) is 5.75 Å². The monoisotopic (exact) mass is 283 g/mol. The van der Waals surface area contributed by atoms with E-state index in [1.54, 1.807) is 0 Å². The van der Waals surface area contributed by atoms with Gasteiger partial charge in [0.25, 0.3) is 5.91 Å². The second-order valence-electron chi connectivity index (χ2n) is 4.68. The molecule has 1 fully saturated rings. The Morgan fingerprint density at radius 3 is 2.63 bits per heavy atom. The molecule has 1 atom stereocenters. The maximum absolute atomic E-state index is 12.0. The molecule has 1 aliphatic rings. The summed E-state index contributed by atoms with van der Waals surface area (Å²) in [5.41, 5.74) is 0.0976. The number of carboxylic acids is 1. The van der Waals surface area contributed by atoms with E-state index in [9.17, 15) is 14.7 Å². The Morgan fingerprint density at radius 2 is 2.11 bits per heavy atom. The van der Waals surface area contributed by atoms with Gasteiger partial charge in [0.05, 0.1) is 12.0 Å². The third kappa shape index (κ3) is 3.61. The zero-order chi connectivity index (χ0) is 14.0. The minimum Gasteiger partial charge on any atom is -0.507 e. The zero-order valence-corrected chi connectivity index (χ0v) is 10.9. The van der Waals surface area contributed by atoms with Crippen molar-refractivity contribution in [2.24, 2.45) is 5.92 Å². The molecule has 0 bridgehead atoms. The van der Waals surface area contributed by atoms with Gasteiger partial charge in [-0.05, 0) is 37.0 Å². The quantitative estimate of drug-likeness (QED) is 0.772. The summed E-state index contributed by atoms with van der Waals surface area (Å²) >= 11 is 5.69. The van der Waals surface area contributed by atoms with Gasteiger partial charge in [-0.25, -0.2) is 0 Å². The van der Waals surface area contributed by atoms with Gasteiger partial charge in [-0.15, -0.1) is 0 Å². The summed E-state index contributed by atoms with van der Waals surface area (Å²) in [6.45, 7) is 0. The van der Waals surface area contributed by atoms with Crippen molar-refractivity contribution in [3.8, 4) is 5.75 Å². The van der Waals surface area contributed by atoms with Crippen LogP contribution in [0.25, 0.3) is 0 Å². The molecule has 0 heterocycles. The Labute approximate surface area is 115 Å². The van der Waals surface area contributed by atoms with E-state index in [1.807, 2.05) is 0 Å². The fourth-order valence-corrected chi connectivity index (χ4v) is 2.13. The van der Waals surface area contributed by atoms with Gasteiger partial charge in [-0.3, -0.25) is 9.59 Å². The summed E-state index contributed by atoms with van der Waals surface area (Å²) < 4.78 is 0. The minimum absolute atomic E-state index is 0.0976. The first-order valence-corrected chi connectivity index (χ1v) is 6.36. The summed E-state index contributed by atoms with van der Waals surface area (Å²) in [7, 11) is 0. The van der Waals surface area contributed by atoms with Crippen LogP contribution in [-0.4, -0.2) is 28.1 Å². The molecule has 5 nitrogen and oxygen atoms in total. The van der Waals surface area contributed by atoms with E-state index in [-0.39, 0.29) is 29.7 Å². The number of benzene rings is 1. The average Bonchev–Trinajstić information content (AvgIpc) is 3.10. The first-order chi connectivity index (χ1) is 8.97. The molecule has 0 spiro atoms. The fraction of sp³-hybridized carbons (Fsp3) is 0.385. The third-order valence-electron chi connectivity index (χ3n) is 3.11. The first-order valence-electron chi connectivity index (χ1n) is 5.98. The van der Waals surface area contributed by atoms with E-state index in [4.69, 9.17) is 16.7 Å². The number of nitrogens with one attached hydrogen (secondary N) is 1. The lowest BCUT2D eigenvalue weighted by molar-refractivity contribution is -0.137. The van der Waals surface area contributed by atoms with Crippen molar-refractivity contribution in [3.63, 3.8) is 0 Å². The molecule has 0 radical (unpaired) electrons. The van der Waals surface area contributed by atoms with Crippen molar-refractivity contribution in [2.75, 3.05) is 0 Å². The highest BCUT2D eigenvalue weighted by molar-refractivity contribution is 6.30. The highest BCUT2D eigenvalue weighted by Gasteiger charge is 2.34. The van der Waals surface area contributed by atoms with Crippen LogP contribution in [0.3, 0.4) is 0 Å². The highest BCUT2D eigenvalue weighted by atomic mass is 35.5. The van der Waals surface area contributed by atoms with Crippen LogP contribution in [-0.2, 0) is 4.79 Å². The Hall–Kier alpha value is -1.75. The number of aliphatic carboxylic acids is 1. The lowest BCUT2D eigenvalue weighted by Gasteiger charge is -2.16. The summed E-state index contributed by atoms with van der Waals surface area (Å²) in [5, 5.41) is 21.5. The lowest BCUT2D eigenvalue weighted by atomic mass is 10.1. The number of carbonyl (C=O) groups excluding carboxylic acids is 1. The molecule has 19 heavy (non-hydrogen) atoms. The number of hydrogen-bond acceptors (Lipinski definition) is 3. The summed E-state index contributed by atoms with van der Waals surface area (Å²) in [5.74, 6) is -1.42. The van der Waals surface area contributed by atoms with Gasteiger partial charge in [0.2, 0.25) is 0 Å². The normalized spacial score (nSPS) is 15.8. The Morgan fingerprint density at radius 1 is 1.42 bits per heavy atom. The molecule has 6 heteroatoms. The van der Waals surface area contributed by atoms with Crippen molar-refractivity contribution < 1.29 is 19.8 Å². The number of phenols is 1. The largest absolute Gasteiger partial charge is 0.507 e. The zero-order valence-electron chi connectivity index (χ0n) is 10.1. The molecular formula is C13H14ClNO4. The molecule has 1 saturated carbocycles. The second kappa shape index (κ2) is 5.48. The van der Waals surface area contributed by atoms with Crippen LogP contribution >= 0.6 is 11.6 Å². The SMILES string of the molecule is O=C(O)CC(NC(=O)c1ccc(Cl)cc1O)C1CC1. The fourth-order valence-electron chi connectivity index (χ4n) is 1.97. The van der Waals surface area contributed by atoms with E-state index in [0.717, 1.165) is 12.8 Å². The van der Waals surface area contributed by atoms with E-state index >= 15 is 0 Å². The number of carbonyl (C=O) groups is 2. The van der Waals surface area contributed by atoms with Gasteiger partial charge in [0.15, 0.2) is 0 Å². The Bertz CT molecular complexity index is 513. The van der Waals surface area contributed by atoms with E-state index < -0.39 is 11.9 Å². The van der Waals surface area contributed by atoms with E-state index in [2.05, 4.69) is 5.32 Å². The van der Waals surface area contributed by atoms with E-state index in [1.165, 1.54) is 18.2 Å². The van der Waals surface area contributed by atoms with Crippen LogP contribution in [0.4, 0.5) is 0 Å². The topological polar surface area (TPSA) is 86.6 Å². The molecule has 1 unspecified atom stereocenters. The molecule has 2 rings (SSSR count). The van der Waals surface area contributed by atoms with Crippen molar-refractivity contribution in [1.29, 1.82) is 0 Å². The molecular weight excluding hydrogens is 270 g/mol. The van der Waals surface area contributed by atoms with Crippen LogP contribution in [0, 0.1) is 5.92 Å². The molecule has 1 aliphatic carbocycles. The molecule has 0 aromatic heterocycles. The number of amides is 1. The van der Waals surface area contributed by atoms with Crippen LogP contribution in [0.15, 0.2) is 18.2 Å². The van der Waals surface area contributed by atoms with Crippen molar-refractivity contribution >= 4 is 23.5 Å². The molecule has 1 amide bonds. The highest BCUT2D eigenvalue weighted by Crippen LogP contribution is 2.34. The maximum atomic E-state index is 12.0. The average molecular weight is 284 g/mol. The van der Waals surface area contributed by atoms with Gasteiger partial charge in [-0.2, -0.15) is 0 Å². The molecule has 102 valence electrons. The molecule has 3 N–H and O–H groups in total. The van der Waals surface area contributed by atoms with Gasteiger partial charge < -0.3 is 15.5 Å². The number of halogens is 1. The number of hydrogen-bond donors (Lipinski definition) is 3. The molecule has 0 aliphatic heterocycles. The number of aromatic hydroxyl groups is 1. The van der Waals surface area contributed by atoms with Crippen LogP contribution < -0.4 is 5.32 Å². The number of carboxylic acid groups (broad SMARTS) is 1. The minimum atomic E-state index is -0.947. The number of rotatable bonds is 5. The van der Waals surface area contributed by atoms with Crippen LogP contribution in [0.5, 0.6) is 5.75 Å². The van der Waals surface area contributed by atoms with Gasteiger partial charge in [-0.1, -0.05) is 11.6 Å². The Balaban J connectivity index is 2.08.